The highest BCUT2D eigenvalue weighted by molar-refractivity contribution is 14.1. The van der Waals surface area contributed by atoms with Gasteiger partial charge in [-0.05, 0) is 29.5 Å². The highest BCUT2D eigenvalue weighted by Crippen LogP contribution is 2.29. The van der Waals surface area contributed by atoms with Gasteiger partial charge in [0, 0.05) is 9.77 Å². The van der Waals surface area contributed by atoms with Crippen LogP contribution < -0.4 is 0 Å². The summed E-state index contributed by atoms with van der Waals surface area (Å²) in [4.78, 5) is 15.0. The summed E-state index contributed by atoms with van der Waals surface area (Å²) in [5, 5.41) is 8.75. The Morgan fingerprint density at radius 3 is 2.83 bits per heavy atom. The predicted molar refractivity (Wildman–Crippen MR) is 67.0 cm³/mol. The second-order valence-electron chi connectivity index (χ2n) is 3.24. The van der Waals surface area contributed by atoms with Crippen LogP contribution in [0.4, 0.5) is 8.78 Å². The van der Waals surface area contributed by atoms with E-state index in [0.717, 1.165) is 0 Å². The molecule has 4 nitrogen and oxygen atoms in total. The molecule has 0 atom stereocenters. The van der Waals surface area contributed by atoms with Crippen LogP contribution in [0.2, 0.25) is 0 Å². The number of hydrogen-bond acceptors (Lipinski definition) is 4. The Hall–Kier alpha value is -1.30. The topological polar surface area (TPSA) is 63.0 Å². The van der Waals surface area contributed by atoms with E-state index in [1.54, 1.807) is 35.6 Å². The molecule has 1 aromatic heterocycles. The summed E-state index contributed by atoms with van der Waals surface area (Å²) in [5.74, 6) is -0.618. The molecule has 0 aliphatic heterocycles. The highest BCUT2D eigenvalue weighted by Gasteiger charge is 2.22. The smallest absolute Gasteiger partial charge is 0.311 e. The lowest BCUT2D eigenvalue weighted by molar-refractivity contribution is -0.142. The van der Waals surface area contributed by atoms with E-state index in [0.29, 0.717) is 0 Å². The van der Waals surface area contributed by atoms with E-state index < -0.39 is 12.4 Å². The molecule has 18 heavy (non-hydrogen) atoms. The average Bonchev–Trinajstić information content (AvgIpc) is 2.29. The molecule has 0 bridgehead atoms. The number of rotatable bonds is 4. The maximum Gasteiger partial charge on any atom is 0.311 e. The molecule has 0 aromatic carbocycles. The molecule has 0 saturated carbocycles. The van der Waals surface area contributed by atoms with Gasteiger partial charge in [-0.15, -0.1) is 0 Å². The van der Waals surface area contributed by atoms with E-state index in [9.17, 15) is 13.6 Å². The van der Waals surface area contributed by atoms with E-state index >= 15 is 0 Å². The molecule has 0 spiro atoms. The van der Waals surface area contributed by atoms with E-state index in [1.165, 1.54) is 6.20 Å². The Morgan fingerprint density at radius 2 is 2.33 bits per heavy atom. The zero-order valence-electron chi connectivity index (χ0n) is 9.41. The number of aromatic nitrogens is 1. The number of esters is 1. The van der Waals surface area contributed by atoms with Crippen molar-refractivity contribution in [2.24, 2.45) is 0 Å². The Morgan fingerprint density at radius 1 is 1.67 bits per heavy atom. The van der Waals surface area contributed by atoms with Gasteiger partial charge in [0.05, 0.1) is 29.8 Å². The minimum Gasteiger partial charge on any atom is -0.466 e. The number of halogens is 3. The van der Waals surface area contributed by atoms with Crippen LogP contribution in [0.5, 0.6) is 0 Å². The maximum absolute atomic E-state index is 12.9. The first-order valence-corrected chi connectivity index (χ1v) is 6.10. The number of alkyl halides is 2. The van der Waals surface area contributed by atoms with Gasteiger partial charge in [0.15, 0.2) is 0 Å². The summed E-state index contributed by atoms with van der Waals surface area (Å²) in [6.07, 6.45) is -1.93. The molecule has 1 heterocycles. The lowest BCUT2D eigenvalue weighted by Crippen LogP contribution is -2.12. The summed E-state index contributed by atoms with van der Waals surface area (Å²) >= 11 is 1.66. The van der Waals surface area contributed by atoms with Crippen LogP contribution in [-0.2, 0) is 16.0 Å². The fraction of sp³-hybridized carbons (Fsp3) is 0.364. The first-order valence-electron chi connectivity index (χ1n) is 5.02. The number of carbonyl (C=O) groups is 1. The van der Waals surface area contributed by atoms with Crippen molar-refractivity contribution in [2.75, 3.05) is 6.61 Å². The highest BCUT2D eigenvalue weighted by atomic mass is 127. The van der Waals surface area contributed by atoms with Crippen molar-refractivity contribution >= 4 is 28.6 Å². The molecular weight excluding hydrogens is 357 g/mol. The third kappa shape index (κ3) is 3.35. The van der Waals surface area contributed by atoms with E-state index in [1.807, 2.05) is 0 Å². The third-order valence-electron chi connectivity index (χ3n) is 2.09. The van der Waals surface area contributed by atoms with Crippen molar-refractivity contribution in [1.82, 2.24) is 4.98 Å². The van der Waals surface area contributed by atoms with Crippen LogP contribution in [0.15, 0.2) is 6.20 Å². The molecule has 0 amide bonds. The molecule has 0 aliphatic rings. The molecule has 0 aliphatic carbocycles. The van der Waals surface area contributed by atoms with Crippen LogP contribution in [0, 0.1) is 14.9 Å². The number of ether oxygens (including phenoxy) is 1. The predicted octanol–water partition coefficient (Wildman–Crippen LogP) is 2.60. The fourth-order valence-corrected chi connectivity index (χ4v) is 2.14. The van der Waals surface area contributed by atoms with Crippen LogP contribution in [0.3, 0.4) is 0 Å². The molecule has 7 heteroatoms. The minimum atomic E-state index is -2.79. The first-order chi connectivity index (χ1) is 8.51. The molecular formula is C11H9F2IN2O2. The maximum atomic E-state index is 12.9. The van der Waals surface area contributed by atoms with Gasteiger partial charge in [-0.2, -0.15) is 5.26 Å². The standard InChI is InChI=1S/C11H9F2IN2O2/c1-2-18-8(17)3-7-9(11(12)13)10(14)6(4-15)5-16-7/h5,11H,2-3H2,1H3. The largest absolute Gasteiger partial charge is 0.466 e. The van der Waals surface area contributed by atoms with E-state index in [2.05, 4.69) is 9.72 Å². The number of pyridine rings is 1. The zero-order valence-corrected chi connectivity index (χ0v) is 11.6. The van der Waals surface area contributed by atoms with Gasteiger partial charge in [0.25, 0.3) is 6.43 Å². The zero-order chi connectivity index (χ0) is 13.7. The normalized spacial score (nSPS) is 10.2. The third-order valence-corrected chi connectivity index (χ3v) is 3.25. The van der Waals surface area contributed by atoms with Gasteiger partial charge >= 0.3 is 5.97 Å². The number of nitriles is 1. The van der Waals surface area contributed by atoms with E-state index in [-0.39, 0.29) is 33.4 Å². The molecule has 1 rings (SSSR count). The minimum absolute atomic E-state index is 0.0492. The van der Waals surface area contributed by atoms with Crippen LogP contribution in [0.1, 0.15) is 30.2 Å². The number of nitrogens with zero attached hydrogens (tertiary/aromatic N) is 2. The monoisotopic (exact) mass is 366 g/mol. The molecule has 96 valence electrons. The van der Waals surface area contributed by atoms with Gasteiger partial charge in [-0.25, -0.2) is 8.78 Å². The van der Waals surface area contributed by atoms with Crippen molar-refractivity contribution in [1.29, 1.82) is 5.26 Å². The second kappa shape index (κ2) is 6.58. The lowest BCUT2D eigenvalue weighted by atomic mass is 10.1. The van der Waals surface area contributed by atoms with Crippen molar-refractivity contribution in [3.8, 4) is 6.07 Å². The molecule has 0 unspecified atom stereocenters. The van der Waals surface area contributed by atoms with Crippen LogP contribution in [-0.4, -0.2) is 17.6 Å². The fourth-order valence-electron chi connectivity index (χ4n) is 1.33. The molecule has 0 radical (unpaired) electrons. The van der Waals surface area contributed by atoms with Crippen LogP contribution >= 0.6 is 22.6 Å². The molecule has 0 fully saturated rings. The van der Waals surface area contributed by atoms with Crippen molar-refractivity contribution in [2.45, 2.75) is 19.8 Å². The van der Waals surface area contributed by atoms with Gasteiger partial charge in [-0.1, -0.05) is 0 Å². The van der Waals surface area contributed by atoms with Gasteiger partial charge < -0.3 is 4.74 Å². The molecule has 1 aromatic rings. The van der Waals surface area contributed by atoms with E-state index in [4.69, 9.17) is 5.26 Å². The quantitative estimate of drug-likeness (QED) is 0.607. The van der Waals surface area contributed by atoms with Gasteiger partial charge in [0.1, 0.15) is 6.07 Å². The van der Waals surface area contributed by atoms with Gasteiger partial charge in [0.2, 0.25) is 0 Å². The lowest BCUT2D eigenvalue weighted by Gasteiger charge is -2.10. The summed E-state index contributed by atoms with van der Waals surface area (Å²) in [6, 6.07) is 1.78. The Labute approximate surface area is 116 Å². The second-order valence-corrected chi connectivity index (χ2v) is 4.32. The van der Waals surface area contributed by atoms with Gasteiger partial charge in [-0.3, -0.25) is 9.78 Å². The van der Waals surface area contributed by atoms with Crippen molar-refractivity contribution in [3.63, 3.8) is 0 Å². The summed E-state index contributed by atoms with van der Waals surface area (Å²) in [5.41, 5.74) is -0.354. The van der Waals surface area contributed by atoms with Crippen molar-refractivity contribution in [3.05, 3.63) is 26.6 Å². The Balaban J connectivity index is 3.17. The molecule has 0 saturated heterocycles. The number of hydrogen-bond donors (Lipinski definition) is 0. The summed E-state index contributed by atoms with van der Waals surface area (Å²) in [6.45, 7) is 1.80. The van der Waals surface area contributed by atoms with Crippen LogP contribution in [0.25, 0.3) is 0 Å². The SMILES string of the molecule is CCOC(=O)Cc1ncc(C#N)c(I)c1C(F)F. The Bertz CT molecular complexity index is 501. The first kappa shape index (κ1) is 14.8. The Kier molecular flexibility index (Phi) is 5.40. The number of carbonyl (C=O) groups excluding carboxylic acids is 1. The average molecular weight is 366 g/mol. The summed E-state index contributed by atoms with van der Waals surface area (Å²) in [7, 11) is 0. The molecule has 0 N–H and O–H groups in total. The van der Waals surface area contributed by atoms with Crippen molar-refractivity contribution < 1.29 is 18.3 Å². The summed E-state index contributed by atoms with van der Waals surface area (Å²) < 4.78 is 30.7.